The average Bonchev–Trinajstić information content (AvgIpc) is 2.36. The standard InChI is InChI=1S/C14H13ClO4/c1-3-9-14(12(16)17,13(18)19-4-2)10-7-5-6-8-11(10)15/h1,5-8H,4,9H2,2H3,(H,16,17). The van der Waals surface area contributed by atoms with Gasteiger partial charge in [-0.05, 0) is 13.0 Å². The molecule has 1 atom stereocenters. The number of benzene rings is 1. The van der Waals surface area contributed by atoms with Crippen molar-refractivity contribution in [1.29, 1.82) is 0 Å². The number of esters is 1. The molecule has 19 heavy (non-hydrogen) atoms. The van der Waals surface area contributed by atoms with Gasteiger partial charge in [0.15, 0.2) is 0 Å². The summed E-state index contributed by atoms with van der Waals surface area (Å²) in [4.78, 5) is 23.7. The number of ether oxygens (including phenoxy) is 1. The summed E-state index contributed by atoms with van der Waals surface area (Å²) in [6.07, 6.45) is 4.88. The predicted molar refractivity (Wildman–Crippen MR) is 70.8 cm³/mol. The third kappa shape index (κ3) is 2.72. The van der Waals surface area contributed by atoms with Crippen LogP contribution in [0.25, 0.3) is 0 Å². The van der Waals surface area contributed by atoms with Gasteiger partial charge in [-0.25, -0.2) is 0 Å². The molecule has 0 spiro atoms. The number of terminal acetylenes is 1. The Morgan fingerprint density at radius 1 is 1.47 bits per heavy atom. The van der Waals surface area contributed by atoms with Gasteiger partial charge in [-0.3, -0.25) is 9.59 Å². The monoisotopic (exact) mass is 280 g/mol. The molecule has 1 aromatic carbocycles. The van der Waals surface area contributed by atoms with Crippen molar-refractivity contribution in [2.24, 2.45) is 0 Å². The fourth-order valence-corrected chi connectivity index (χ4v) is 2.07. The zero-order valence-corrected chi connectivity index (χ0v) is 11.1. The predicted octanol–water partition coefficient (Wildman–Crippen LogP) is 2.25. The fourth-order valence-electron chi connectivity index (χ4n) is 1.77. The SMILES string of the molecule is C#CCC(C(=O)O)(C(=O)OCC)c1ccccc1Cl. The molecule has 0 radical (unpaired) electrons. The molecule has 4 nitrogen and oxygen atoms in total. The summed E-state index contributed by atoms with van der Waals surface area (Å²) in [5.74, 6) is -0.0718. The highest BCUT2D eigenvalue weighted by Crippen LogP contribution is 2.35. The highest BCUT2D eigenvalue weighted by molar-refractivity contribution is 6.32. The van der Waals surface area contributed by atoms with E-state index < -0.39 is 17.4 Å². The van der Waals surface area contributed by atoms with Crippen LogP contribution in [-0.2, 0) is 19.7 Å². The third-order valence-electron chi connectivity index (χ3n) is 2.69. The minimum atomic E-state index is -1.97. The van der Waals surface area contributed by atoms with E-state index in [1.807, 2.05) is 0 Å². The fraction of sp³-hybridized carbons (Fsp3) is 0.286. The molecule has 0 aliphatic heterocycles. The number of carbonyl (C=O) groups is 2. The van der Waals surface area contributed by atoms with Gasteiger partial charge in [-0.15, -0.1) is 12.3 Å². The van der Waals surface area contributed by atoms with Crippen molar-refractivity contribution < 1.29 is 19.4 Å². The van der Waals surface area contributed by atoms with Crippen molar-refractivity contribution in [2.45, 2.75) is 18.8 Å². The molecular weight excluding hydrogens is 268 g/mol. The van der Waals surface area contributed by atoms with Crippen LogP contribution in [0, 0.1) is 12.3 Å². The molecule has 5 heteroatoms. The Kier molecular flexibility index (Phi) is 4.96. The zero-order valence-electron chi connectivity index (χ0n) is 10.4. The molecule has 0 heterocycles. The van der Waals surface area contributed by atoms with Crippen LogP contribution >= 0.6 is 11.6 Å². The highest BCUT2D eigenvalue weighted by atomic mass is 35.5. The first-order valence-electron chi connectivity index (χ1n) is 5.59. The lowest BCUT2D eigenvalue weighted by molar-refractivity contribution is -0.161. The number of halogens is 1. The van der Waals surface area contributed by atoms with E-state index in [0.29, 0.717) is 0 Å². The minimum absolute atomic E-state index is 0.0584. The van der Waals surface area contributed by atoms with E-state index in [9.17, 15) is 14.7 Å². The van der Waals surface area contributed by atoms with Crippen LogP contribution in [0.2, 0.25) is 5.02 Å². The summed E-state index contributed by atoms with van der Waals surface area (Å²) in [5, 5.41) is 9.64. The van der Waals surface area contributed by atoms with Crippen molar-refractivity contribution in [3.05, 3.63) is 34.9 Å². The second-order valence-corrected chi connectivity index (χ2v) is 4.20. The van der Waals surface area contributed by atoms with Gasteiger partial charge < -0.3 is 9.84 Å². The second-order valence-electron chi connectivity index (χ2n) is 3.79. The highest BCUT2D eigenvalue weighted by Gasteiger charge is 2.50. The van der Waals surface area contributed by atoms with E-state index in [2.05, 4.69) is 5.92 Å². The molecule has 1 N–H and O–H groups in total. The largest absolute Gasteiger partial charge is 0.480 e. The molecule has 0 aliphatic carbocycles. The van der Waals surface area contributed by atoms with Gasteiger partial charge in [0.05, 0.1) is 6.61 Å². The van der Waals surface area contributed by atoms with E-state index in [-0.39, 0.29) is 23.6 Å². The van der Waals surface area contributed by atoms with Gasteiger partial charge in [0, 0.05) is 17.0 Å². The summed E-state index contributed by atoms with van der Waals surface area (Å²) in [7, 11) is 0. The first kappa shape index (κ1) is 15.1. The summed E-state index contributed by atoms with van der Waals surface area (Å²) < 4.78 is 4.86. The van der Waals surface area contributed by atoms with E-state index in [4.69, 9.17) is 22.8 Å². The van der Waals surface area contributed by atoms with Crippen molar-refractivity contribution >= 4 is 23.5 Å². The number of hydrogen-bond acceptors (Lipinski definition) is 3. The number of carboxylic acids is 1. The van der Waals surface area contributed by atoms with E-state index in [1.165, 1.54) is 12.1 Å². The molecule has 0 amide bonds. The Morgan fingerprint density at radius 2 is 2.11 bits per heavy atom. The second kappa shape index (κ2) is 6.26. The molecule has 1 aromatic rings. The Labute approximate surface area is 116 Å². The number of aliphatic carboxylic acids is 1. The third-order valence-corrected chi connectivity index (χ3v) is 3.02. The Bertz CT molecular complexity index is 532. The molecule has 1 rings (SSSR count). The van der Waals surface area contributed by atoms with Crippen LogP contribution in [-0.4, -0.2) is 23.7 Å². The first-order valence-corrected chi connectivity index (χ1v) is 5.97. The Balaban J connectivity index is 3.50. The van der Waals surface area contributed by atoms with E-state index >= 15 is 0 Å². The topological polar surface area (TPSA) is 63.6 Å². The number of hydrogen-bond donors (Lipinski definition) is 1. The van der Waals surface area contributed by atoms with Gasteiger partial charge in [-0.1, -0.05) is 29.8 Å². The van der Waals surface area contributed by atoms with Gasteiger partial charge in [0.1, 0.15) is 0 Å². The maximum absolute atomic E-state index is 12.1. The van der Waals surface area contributed by atoms with Gasteiger partial charge in [0.2, 0.25) is 5.41 Å². The molecule has 0 saturated heterocycles. The lowest BCUT2D eigenvalue weighted by Gasteiger charge is -2.26. The molecule has 0 fully saturated rings. The summed E-state index contributed by atoms with van der Waals surface area (Å²) >= 11 is 5.99. The molecule has 0 bridgehead atoms. The van der Waals surface area contributed by atoms with E-state index in [0.717, 1.165) is 0 Å². The van der Waals surface area contributed by atoms with Crippen molar-refractivity contribution in [1.82, 2.24) is 0 Å². The molecule has 0 aromatic heterocycles. The molecule has 100 valence electrons. The van der Waals surface area contributed by atoms with Crippen LogP contribution in [0.4, 0.5) is 0 Å². The summed E-state index contributed by atoms with van der Waals surface area (Å²) in [5.41, 5.74) is -1.83. The average molecular weight is 281 g/mol. The molecule has 0 saturated carbocycles. The minimum Gasteiger partial charge on any atom is -0.480 e. The Hall–Kier alpha value is -1.99. The van der Waals surface area contributed by atoms with Crippen molar-refractivity contribution in [3.63, 3.8) is 0 Å². The lowest BCUT2D eigenvalue weighted by atomic mass is 9.77. The van der Waals surface area contributed by atoms with Crippen LogP contribution < -0.4 is 0 Å². The Morgan fingerprint density at radius 3 is 2.58 bits per heavy atom. The quantitative estimate of drug-likeness (QED) is 0.510. The summed E-state index contributed by atoms with van der Waals surface area (Å²) in [6, 6.07) is 6.20. The van der Waals surface area contributed by atoms with Crippen LogP contribution in [0.1, 0.15) is 18.9 Å². The van der Waals surface area contributed by atoms with Gasteiger partial charge in [-0.2, -0.15) is 0 Å². The zero-order chi connectivity index (χ0) is 14.5. The van der Waals surface area contributed by atoms with Crippen LogP contribution in [0.5, 0.6) is 0 Å². The van der Waals surface area contributed by atoms with E-state index in [1.54, 1.807) is 19.1 Å². The maximum Gasteiger partial charge on any atom is 0.329 e. The van der Waals surface area contributed by atoms with Gasteiger partial charge >= 0.3 is 11.9 Å². The van der Waals surface area contributed by atoms with Crippen LogP contribution in [0.3, 0.4) is 0 Å². The van der Waals surface area contributed by atoms with Crippen molar-refractivity contribution in [2.75, 3.05) is 6.61 Å². The number of rotatable bonds is 5. The maximum atomic E-state index is 12.1. The van der Waals surface area contributed by atoms with Gasteiger partial charge in [0.25, 0.3) is 0 Å². The molecular formula is C14H13ClO4. The van der Waals surface area contributed by atoms with Crippen LogP contribution in [0.15, 0.2) is 24.3 Å². The normalized spacial score (nSPS) is 13.1. The smallest absolute Gasteiger partial charge is 0.329 e. The first-order chi connectivity index (χ1) is 9.00. The number of carbonyl (C=O) groups excluding carboxylic acids is 1. The lowest BCUT2D eigenvalue weighted by Crippen LogP contribution is -2.45. The number of carboxylic acid groups (broad SMARTS) is 1. The summed E-state index contributed by atoms with van der Waals surface area (Å²) in [6.45, 7) is 1.65. The molecule has 0 aliphatic rings. The van der Waals surface area contributed by atoms with Crippen molar-refractivity contribution in [3.8, 4) is 12.3 Å². The molecule has 1 unspecified atom stereocenters.